The summed E-state index contributed by atoms with van der Waals surface area (Å²) in [6, 6.07) is 6.81. The Morgan fingerprint density at radius 3 is 2.76 bits per heavy atom. The van der Waals surface area contributed by atoms with Crippen LogP contribution >= 0.6 is 0 Å². The standard InChI is InChI=1S/C26H33N5O2/c1-33-21-8-10-25(11-9-21)13-19-7-6-18(5-4-17-2-3-17)12-22(19)26(25)23(32)31(24(27)30-26)15-20-14-28-16-29-20/h6-7,12,14,16-17,21H,2-5,8-11,13,15H2,1H3,(H2,27,30)(H,28,29). The molecule has 6 rings (SSSR count). The van der Waals surface area contributed by atoms with Crippen LogP contribution in [-0.2, 0) is 34.5 Å². The summed E-state index contributed by atoms with van der Waals surface area (Å²) in [6.45, 7) is 0.364. The van der Waals surface area contributed by atoms with E-state index >= 15 is 0 Å². The Kier molecular flexibility index (Phi) is 4.87. The highest BCUT2D eigenvalue weighted by Crippen LogP contribution is 2.62. The lowest BCUT2D eigenvalue weighted by atomic mass is 9.61. The van der Waals surface area contributed by atoms with Crippen LogP contribution in [0, 0.1) is 11.3 Å². The minimum Gasteiger partial charge on any atom is -0.381 e. The number of methoxy groups -OCH3 is 1. The number of carbonyl (C=O) groups is 1. The Hall–Kier alpha value is -2.67. The van der Waals surface area contributed by atoms with Crippen LogP contribution in [0.1, 0.15) is 67.3 Å². The number of aromatic nitrogens is 2. The topological polar surface area (TPSA) is 96.6 Å². The molecule has 1 aliphatic heterocycles. The molecule has 3 aliphatic carbocycles. The number of fused-ring (bicyclic) bond motifs is 3. The molecule has 2 aromatic rings. The van der Waals surface area contributed by atoms with E-state index in [4.69, 9.17) is 15.5 Å². The minimum absolute atomic E-state index is 0.0172. The summed E-state index contributed by atoms with van der Waals surface area (Å²) in [6.07, 6.45) is 13.3. The number of hydrogen-bond donors (Lipinski definition) is 2. The third-order valence-corrected chi connectivity index (χ3v) is 8.62. The Bertz CT molecular complexity index is 1080. The number of nitrogens with one attached hydrogen (secondary N) is 1. The third-order valence-electron chi connectivity index (χ3n) is 8.62. The van der Waals surface area contributed by atoms with Crippen molar-refractivity contribution in [3.05, 3.63) is 53.1 Å². The fourth-order valence-corrected chi connectivity index (χ4v) is 6.54. The molecule has 33 heavy (non-hydrogen) atoms. The van der Waals surface area contributed by atoms with Gasteiger partial charge in [0.15, 0.2) is 11.5 Å². The predicted octanol–water partition coefficient (Wildman–Crippen LogP) is 3.44. The molecule has 4 aliphatic rings. The number of amides is 1. The lowest BCUT2D eigenvalue weighted by molar-refractivity contribution is -0.138. The Balaban J connectivity index is 1.41. The largest absolute Gasteiger partial charge is 0.381 e. The van der Waals surface area contributed by atoms with Crippen molar-refractivity contribution in [3.63, 3.8) is 0 Å². The maximum absolute atomic E-state index is 14.3. The molecule has 1 unspecified atom stereocenters. The number of rotatable bonds is 6. The zero-order valence-corrected chi connectivity index (χ0v) is 19.3. The highest BCUT2D eigenvalue weighted by atomic mass is 16.5. The molecule has 7 heteroatoms. The van der Waals surface area contributed by atoms with Crippen LogP contribution in [-0.4, -0.2) is 39.9 Å². The molecule has 2 spiro atoms. The first-order valence-electron chi connectivity index (χ1n) is 12.3. The van der Waals surface area contributed by atoms with Crippen LogP contribution in [0.3, 0.4) is 0 Å². The molecule has 7 nitrogen and oxygen atoms in total. The average Bonchev–Trinajstić information content (AvgIpc) is 3.36. The smallest absolute Gasteiger partial charge is 0.262 e. The molecular formula is C26H33N5O2. The van der Waals surface area contributed by atoms with Gasteiger partial charge in [0, 0.05) is 18.7 Å². The molecule has 2 saturated carbocycles. The number of benzene rings is 1. The van der Waals surface area contributed by atoms with Crippen molar-refractivity contribution in [2.45, 2.75) is 76.0 Å². The number of nitrogens with two attached hydrogens (primary N) is 1. The monoisotopic (exact) mass is 447 g/mol. The van der Waals surface area contributed by atoms with Gasteiger partial charge in [0.1, 0.15) is 0 Å². The number of imidazole rings is 1. The van der Waals surface area contributed by atoms with Crippen molar-refractivity contribution < 1.29 is 9.53 Å². The molecule has 1 atom stereocenters. The summed E-state index contributed by atoms with van der Waals surface area (Å²) < 4.78 is 5.67. The summed E-state index contributed by atoms with van der Waals surface area (Å²) in [7, 11) is 1.79. The van der Waals surface area contributed by atoms with E-state index in [0.29, 0.717) is 12.5 Å². The highest BCUT2D eigenvalue weighted by molar-refractivity contribution is 6.08. The molecule has 0 saturated heterocycles. The predicted molar refractivity (Wildman–Crippen MR) is 125 cm³/mol. The van der Waals surface area contributed by atoms with Gasteiger partial charge in [-0.15, -0.1) is 0 Å². The van der Waals surface area contributed by atoms with Gasteiger partial charge in [0.25, 0.3) is 5.91 Å². The van der Waals surface area contributed by atoms with Gasteiger partial charge < -0.3 is 15.5 Å². The van der Waals surface area contributed by atoms with Crippen molar-refractivity contribution in [1.82, 2.24) is 14.9 Å². The van der Waals surface area contributed by atoms with Crippen LogP contribution < -0.4 is 5.73 Å². The van der Waals surface area contributed by atoms with Crippen molar-refractivity contribution in [2.24, 2.45) is 22.1 Å². The number of carbonyl (C=O) groups excluding carboxylic acids is 1. The zero-order valence-electron chi connectivity index (χ0n) is 19.3. The van der Waals surface area contributed by atoms with E-state index in [1.54, 1.807) is 24.5 Å². The van der Waals surface area contributed by atoms with E-state index < -0.39 is 5.54 Å². The van der Waals surface area contributed by atoms with Gasteiger partial charge in [-0.25, -0.2) is 9.98 Å². The second-order valence-corrected chi connectivity index (χ2v) is 10.5. The molecule has 0 bridgehead atoms. The van der Waals surface area contributed by atoms with Gasteiger partial charge in [-0.05, 0) is 67.6 Å². The van der Waals surface area contributed by atoms with E-state index in [2.05, 4.69) is 28.2 Å². The first-order chi connectivity index (χ1) is 16.0. The van der Waals surface area contributed by atoms with Crippen molar-refractivity contribution >= 4 is 11.9 Å². The molecule has 2 heterocycles. The van der Waals surface area contributed by atoms with Gasteiger partial charge in [-0.1, -0.05) is 31.0 Å². The second kappa shape index (κ2) is 7.69. The van der Waals surface area contributed by atoms with Crippen LogP contribution in [0.5, 0.6) is 0 Å². The fourth-order valence-electron chi connectivity index (χ4n) is 6.54. The molecule has 1 aromatic carbocycles. The molecule has 174 valence electrons. The van der Waals surface area contributed by atoms with Gasteiger partial charge in [0.2, 0.25) is 0 Å². The number of hydrogen-bond acceptors (Lipinski definition) is 5. The number of H-pyrrole nitrogens is 1. The maximum Gasteiger partial charge on any atom is 0.262 e. The Morgan fingerprint density at radius 1 is 1.24 bits per heavy atom. The van der Waals surface area contributed by atoms with Crippen LogP contribution in [0.2, 0.25) is 0 Å². The Morgan fingerprint density at radius 2 is 2.06 bits per heavy atom. The number of aliphatic imine (C=N–C) groups is 1. The van der Waals surface area contributed by atoms with Gasteiger partial charge in [-0.3, -0.25) is 9.69 Å². The van der Waals surface area contributed by atoms with E-state index in [1.807, 2.05) is 0 Å². The number of nitrogens with zero attached hydrogens (tertiary/aromatic N) is 3. The summed E-state index contributed by atoms with van der Waals surface area (Å²) in [5, 5.41) is 0. The minimum atomic E-state index is -0.930. The molecule has 0 radical (unpaired) electrons. The van der Waals surface area contributed by atoms with E-state index in [1.165, 1.54) is 30.4 Å². The van der Waals surface area contributed by atoms with E-state index in [0.717, 1.165) is 55.7 Å². The fraction of sp³-hybridized carbons (Fsp3) is 0.577. The Labute approximate surface area is 194 Å². The second-order valence-electron chi connectivity index (χ2n) is 10.5. The number of guanidine groups is 1. The lowest BCUT2D eigenvalue weighted by Crippen LogP contribution is -2.52. The number of ether oxygens (including phenoxy) is 1. The summed E-state index contributed by atoms with van der Waals surface area (Å²) >= 11 is 0. The number of aromatic amines is 1. The van der Waals surface area contributed by atoms with E-state index in [9.17, 15) is 4.79 Å². The lowest BCUT2D eigenvalue weighted by Gasteiger charge is -2.45. The molecule has 2 fully saturated rings. The maximum atomic E-state index is 14.3. The van der Waals surface area contributed by atoms with Gasteiger partial charge >= 0.3 is 0 Å². The molecule has 1 aromatic heterocycles. The van der Waals surface area contributed by atoms with Gasteiger partial charge in [0.05, 0.1) is 24.7 Å². The first kappa shape index (κ1) is 20.9. The molecular weight excluding hydrogens is 414 g/mol. The van der Waals surface area contributed by atoms with Crippen LogP contribution in [0.15, 0.2) is 35.7 Å². The first-order valence-corrected chi connectivity index (χ1v) is 12.3. The third kappa shape index (κ3) is 3.23. The SMILES string of the molecule is COC1CCC2(CC1)Cc1ccc(CCC3CC3)cc1C21N=C(N)N(Cc2cnc[nH]2)C1=O. The quantitative estimate of drug-likeness (QED) is 0.709. The van der Waals surface area contributed by atoms with Gasteiger partial charge in [-0.2, -0.15) is 0 Å². The summed E-state index contributed by atoms with van der Waals surface area (Å²) in [4.78, 5) is 28.2. The normalized spacial score (nSPS) is 30.9. The van der Waals surface area contributed by atoms with E-state index in [-0.39, 0.29) is 17.4 Å². The summed E-state index contributed by atoms with van der Waals surface area (Å²) in [5.74, 6) is 1.22. The van der Waals surface area contributed by atoms with Crippen LogP contribution in [0.25, 0.3) is 0 Å². The summed E-state index contributed by atoms with van der Waals surface area (Å²) in [5.41, 5.74) is 9.82. The van der Waals surface area contributed by atoms with Crippen molar-refractivity contribution in [1.29, 1.82) is 0 Å². The zero-order chi connectivity index (χ0) is 22.6. The molecule has 1 amide bonds. The average molecular weight is 448 g/mol. The van der Waals surface area contributed by atoms with Crippen molar-refractivity contribution in [3.8, 4) is 0 Å². The highest BCUT2D eigenvalue weighted by Gasteiger charge is 2.66. The number of aryl methyl sites for hydroxylation is 1. The van der Waals surface area contributed by atoms with Crippen molar-refractivity contribution in [2.75, 3.05) is 7.11 Å². The van der Waals surface area contributed by atoms with Crippen LogP contribution in [0.4, 0.5) is 0 Å². The molecule has 3 N–H and O–H groups in total.